The Kier molecular flexibility index (Phi) is 5.03. The van der Waals surface area contributed by atoms with Gasteiger partial charge in [0.2, 0.25) is 5.89 Å². The average Bonchev–Trinajstić information content (AvgIpc) is 2.88. The van der Waals surface area contributed by atoms with Crippen molar-refractivity contribution in [1.29, 1.82) is 0 Å². The predicted octanol–water partition coefficient (Wildman–Crippen LogP) is 2.43. The van der Waals surface area contributed by atoms with E-state index >= 15 is 0 Å². The molecule has 0 aromatic carbocycles. The van der Waals surface area contributed by atoms with Crippen LogP contribution in [0.2, 0.25) is 0 Å². The fraction of sp³-hybridized carbons (Fsp3) is 0.867. The number of nitrogens with one attached hydrogen (secondary N) is 1. The van der Waals surface area contributed by atoms with Crippen LogP contribution in [0.25, 0.3) is 0 Å². The van der Waals surface area contributed by atoms with Crippen LogP contribution in [0.15, 0.2) is 4.52 Å². The van der Waals surface area contributed by atoms with Gasteiger partial charge in [-0.25, -0.2) is 0 Å². The molecule has 3 rings (SSSR count). The molecule has 2 heterocycles. The quantitative estimate of drug-likeness (QED) is 0.920. The summed E-state index contributed by atoms with van der Waals surface area (Å²) in [5.41, 5.74) is 0. The van der Waals surface area contributed by atoms with E-state index in [4.69, 9.17) is 9.26 Å². The number of nitrogens with zero attached hydrogens (tertiary/aromatic N) is 2. The third-order valence-electron chi connectivity index (χ3n) is 4.36. The molecule has 5 nitrogen and oxygen atoms in total. The van der Waals surface area contributed by atoms with E-state index in [0.29, 0.717) is 5.92 Å². The van der Waals surface area contributed by atoms with E-state index in [9.17, 15) is 0 Å². The van der Waals surface area contributed by atoms with Gasteiger partial charge in [0.05, 0.1) is 19.1 Å². The lowest BCUT2D eigenvalue weighted by molar-refractivity contribution is 0.0246. The van der Waals surface area contributed by atoms with Gasteiger partial charge < -0.3 is 14.6 Å². The largest absolute Gasteiger partial charge is 0.375 e. The molecule has 0 radical (unpaired) electrons. The topological polar surface area (TPSA) is 60.2 Å². The second-order valence-electron chi connectivity index (χ2n) is 5.99. The van der Waals surface area contributed by atoms with Gasteiger partial charge >= 0.3 is 0 Å². The third kappa shape index (κ3) is 3.79. The minimum Gasteiger partial charge on any atom is -0.375 e. The van der Waals surface area contributed by atoms with Gasteiger partial charge in [-0.15, -0.1) is 0 Å². The van der Waals surface area contributed by atoms with Crippen LogP contribution in [0.5, 0.6) is 0 Å². The van der Waals surface area contributed by atoms with Crippen molar-refractivity contribution in [1.82, 2.24) is 15.5 Å². The van der Waals surface area contributed by atoms with E-state index in [0.717, 1.165) is 37.8 Å². The number of ether oxygens (including phenoxy) is 1. The van der Waals surface area contributed by atoms with Crippen molar-refractivity contribution in [2.75, 3.05) is 19.7 Å². The second-order valence-corrected chi connectivity index (χ2v) is 5.99. The van der Waals surface area contributed by atoms with Gasteiger partial charge in [-0.3, -0.25) is 0 Å². The zero-order valence-electron chi connectivity index (χ0n) is 12.1. The molecule has 1 unspecified atom stereocenters. The van der Waals surface area contributed by atoms with Gasteiger partial charge in [0.15, 0.2) is 5.82 Å². The van der Waals surface area contributed by atoms with Crippen LogP contribution < -0.4 is 5.32 Å². The molecule has 1 saturated carbocycles. The molecule has 1 aliphatic heterocycles. The highest BCUT2D eigenvalue weighted by Gasteiger charge is 2.22. The van der Waals surface area contributed by atoms with Crippen LogP contribution in [-0.4, -0.2) is 35.9 Å². The molecule has 20 heavy (non-hydrogen) atoms. The van der Waals surface area contributed by atoms with Crippen LogP contribution in [0.3, 0.4) is 0 Å². The van der Waals surface area contributed by atoms with Crippen molar-refractivity contribution < 1.29 is 9.26 Å². The van der Waals surface area contributed by atoms with Crippen molar-refractivity contribution in [3.63, 3.8) is 0 Å². The summed E-state index contributed by atoms with van der Waals surface area (Å²) in [6, 6.07) is 0. The van der Waals surface area contributed by atoms with Crippen molar-refractivity contribution in [2.45, 2.75) is 63.4 Å². The van der Waals surface area contributed by atoms with Gasteiger partial charge in [-0.2, -0.15) is 4.98 Å². The molecule has 1 atom stereocenters. The molecule has 112 valence electrons. The molecule has 0 amide bonds. The first kappa shape index (κ1) is 14.0. The zero-order chi connectivity index (χ0) is 13.6. The molecule has 0 bridgehead atoms. The van der Waals surface area contributed by atoms with Crippen molar-refractivity contribution in [3.8, 4) is 0 Å². The van der Waals surface area contributed by atoms with Crippen LogP contribution in [-0.2, 0) is 11.2 Å². The minimum atomic E-state index is 0.175. The van der Waals surface area contributed by atoms with Crippen LogP contribution in [0.4, 0.5) is 0 Å². The van der Waals surface area contributed by atoms with Crippen LogP contribution >= 0.6 is 0 Å². The Hall–Kier alpha value is -0.940. The first-order valence-electron chi connectivity index (χ1n) is 8.06. The smallest absolute Gasteiger partial charge is 0.229 e. The lowest BCUT2D eigenvalue weighted by atomic mass is 9.91. The summed E-state index contributed by atoms with van der Waals surface area (Å²) >= 11 is 0. The number of hydrogen-bond donors (Lipinski definition) is 1. The van der Waals surface area contributed by atoms with E-state index in [1.165, 1.54) is 44.9 Å². The second kappa shape index (κ2) is 7.18. The van der Waals surface area contributed by atoms with Gasteiger partial charge in [-0.05, 0) is 12.8 Å². The molecule has 5 heteroatoms. The Morgan fingerprint density at radius 2 is 1.90 bits per heavy atom. The highest BCUT2D eigenvalue weighted by molar-refractivity contribution is 4.97. The summed E-state index contributed by atoms with van der Waals surface area (Å²) in [5, 5.41) is 7.54. The van der Waals surface area contributed by atoms with Crippen molar-refractivity contribution in [2.24, 2.45) is 0 Å². The first-order chi connectivity index (χ1) is 9.92. The molecule has 2 aliphatic rings. The van der Waals surface area contributed by atoms with Gasteiger partial charge in [0.1, 0.15) is 0 Å². The monoisotopic (exact) mass is 279 g/mol. The van der Waals surface area contributed by atoms with Crippen LogP contribution in [0.1, 0.15) is 62.6 Å². The first-order valence-corrected chi connectivity index (χ1v) is 8.06. The Bertz CT molecular complexity index is 394. The van der Waals surface area contributed by atoms with Gasteiger partial charge in [0, 0.05) is 19.0 Å². The van der Waals surface area contributed by atoms with Gasteiger partial charge in [0.25, 0.3) is 0 Å². The number of aromatic nitrogens is 2. The maximum Gasteiger partial charge on any atom is 0.229 e. The summed E-state index contributed by atoms with van der Waals surface area (Å²) < 4.78 is 11.1. The fourth-order valence-electron chi connectivity index (χ4n) is 3.18. The number of hydrogen-bond acceptors (Lipinski definition) is 5. The van der Waals surface area contributed by atoms with E-state index in [2.05, 4.69) is 15.5 Å². The molecule has 1 aromatic heterocycles. The summed E-state index contributed by atoms with van der Waals surface area (Å²) in [7, 11) is 0. The maximum absolute atomic E-state index is 5.68. The molecular weight excluding hydrogens is 254 g/mol. The Morgan fingerprint density at radius 1 is 1.10 bits per heavy atom. The molecule has 1 aromatic rings. The standard InChI is InChI=1S/C15H25N3O2/c1-2-4-6-12(7-5-3-1)15-17-14(20-18-15)10-13-11-16-8-9-19-13/h12-13,16H,1-11H2. The fourth-order valence-corrected chi connectivity index (χ4v) is 3.18. The lowest BCUT2D eigenvalue weighted by Gasteiger charge is -2.22. The molecule has 1 saturated heterocycles. The van der Waals surface area contributed by atoms with E-state index < -0.39 is 0 Å². The van der Waals surface area contributed by atoms with E-state index in [1.807, 2.05) is 0 Å². The molecule has 0 spiro atoms. The summed E-state index contributed by atoms with van der Waals surface area (Å²) in [6.07, 6.45) is 10.00. The Labute approximate surface area is 120 Å². The Morgan fingerprint density at radius 3 is 2.65 bits per heavy atom. The maximum atomic E-state index is 5.68. The normalized spacial score (nSPS) is 26.1. The lowest BCUT2D eigenvalue weighted by Crippen LogP contribution is -2.39. The highest BCUT2D eigenvalue weighted by atomic mass is 16.5. The summed E-state index contributed by atoms with van der Waals surface area (Å²) in [5.74, 6) is 2.15. The van der Waals surface area contributed by atoms with Crippen molar-refractivity contribution >= 4 is 0 Å². The third-order valence-corrected chi connectivity index (χ3v) is 4.36. The number of morpholine rings is 1. The van der Waals surface area contributed by atoms with Crippen molar-refractivity contribution in [3.05, 3.63) is 11.7 Å². The molecule has 2 fully saturated rings. The molecule has 1 aliphatic carbocycles. The number of rotatable bonds is 3. The SMILES string of the molecule is C1CCCC(c2noc(CC3CNCCO3)n2)CCC1. The van der Waals surface area contributed by atoms with E-state index in [-0.39, 0.29) is 6.10 Å². The Balaban J connectivity index is 1.57. The van der Waals surface area contributed by atoms with Gasteiger partial charge in [-0.1, -0.05) is 37.3 Å². The molecule has 1 N–H and O–H groups in total. The highest BCUT2D eigenvalue weighted by Crippen LogP contribution is 2.29. The minimum absolute atomic E-state index is 0.175. The predicted molar refractivity (Wildman–Crippen MR) is 75.7 cm³/mol. The molecular formula is C15H25N3O2. The summed E-state index contributed by atoms with van der Waals surface area (Å²) in [6.45, 7) is 2.59. The van der Waals surface area contributed by atoms with E-state index in [1.54, 1.807) is 0 Å². The average molecular weight is 279 g/mol. The summed E-state index contributed by atoms with van der Waals surface area (Å²) in [4.78, 5) is 4.61. The van der Waals surface area contributed by atoms with Crippen LogP contribution in [0, 0.1) is 0 Å². The zero-order valence-corrected chi connectivity index (χ0v) is 12.1.